The Bertz CT molecular complexity index is 707. The Morgan fingerprint density at radius 1 is 1.39 bits per heavy atom. The van der Waals surface area contributed by atoms with Crippen LogP contribution >= 0.6 is 24.0 Å². The summed E-state index contributed by atoms with van der Waals surface area (Å²) in [5.74, 6) is 0.457. The van der Waals surface area contributed by atoms with E-state index in [1.54, 1.807) is 12.4 Å². The number of carbonyl (C=O) groups excluding carboxylic acids is 1. The molecule has 0 aromatic carbocycles. The lowest BCUT2D eigenvalue weighted by atomic mass is 10.1. The third kappa shape index (κ3) is 3.73. The van der Waals surface area contributed by atoms with Gasteiger partial charge in [0.1, 0.15) is 9.97 Å². The molecule has 2 aromatic heterocycles. The summed E-state index contributed by atoms with van der Waals surface area (Å²) >= 11 is 6.95. The number of likely N-dealkylation sites (N-methyl/N-ethyl adjacent to an activating group) is 1. The van der Waals surface area contributed by atoms with Crippen LogP contribution in [0.15, 0.2) is 24.5 Å². The van der Waals surface area contributed by atoms with Crippen molar-refractivity contribution in [2.45, 2.75) is 6.92 Å². The van der Waals surface area contributed by atoms with Crippen molar-refractivity contribution in [2.75, 3.05) is 38.5 Å². The molecule has 2 aromatic rings. The van der Waals surface area contributed by atoms with E-state index in [1.165, 1.54) is 11.8 Å². The number of fused-ring (bicyclic) bond motifs is 1. The molecule has 1 aliphatic heterocycles. The highest BCUT2D eigenvalue weighted by Crippen LogP contribution is 2.19. The van der Waals surface area contributed by atoms with Crippen LogP contribution < -0.4 is 0 Å². The zero-order chi connectivity index (χ0) is 16.2. The molecule has 1 N–H and O–H groups in total. The first-order valence-electron chi connectivity index (χ1n) is 7.78. The second-order valence-corrected chi connectivity index (χ2v) is 7.11. The van der Waals surface area contributed by atoms with Crippen LogP contribution in [0.4, 0.5) is 0 Å². The van der Waals surface area contributed by atoms with Crippen molar-refractivity contribution in [1.82, 2.24) is 19.8 Å². The Kier molecular flexibility index (Phi) is 5.30. The van der Waals surface area contributed by atoms with E-state index >= 15 is 0 Å². The summed E-state index contributed by atoms with van der Waals surface area (Å²) in [6, 6.07) is 3.76. The van der Waals surface area contributed by atoms with Crippen molar-refractivity contribution in [3.8, 4) is 0 Å². The maximum Gasteiger partial charge on any atom is 0.175 e. The van der Waals surface area contributed by atoms with E-state index in [1.807, 2.05) is 12.1 Å². The summed E-state index contributed by atoms with van der Waals surface area (Å²) in [5.41, 5.74) is 1.44. The standard InChI is InChI=1S/C16H20N4OS2/c1-2-19-6-8-20(9-7-19)16(22)23-11-14(21)13-10-18-15-12(13)4-3-5-17-15/h3-5,10H,2,6-9,11H2,1H3,(H,17,18). The Morgan fingerprint density at radius 3 is 2.91 bits per heavy atom. The lowest BCUT2D eigenvalue weighted by Crippen LogP contribution is -2.47. The predicted octanol–water partition coefficient (Wildman–Crippen LogP) is 2.40. The molecule has 5 nitrogen and oxygen atoms in total. The number of pyridine rings is 1. The third-order valence-corrected chi connectivity index (χ3v) is 5.68. The molecular weight excluding hydrogens is 328 g/mol. The fraction of sp³-hybridized carbons (Fsp3) is 0.438. The number of aromatic amines is 1. The van der Waals surface area contributed by atoms with Crippen molar-refractivity contribution < 1.29 is 4.79 Å². The zero-order valence-electron chi connectivity index (χ0n) is 13.1. The van der Waals surface area contributed by atoms with Crippen molar-refractivity contribution in [1.29, 1.82) is 0 Å². The summed E-state index contributed by atoms with van der Waals surface area (Å²) < 4.78 is 0.826. The van der Waals surface area contributed by atoms with Gasteiger partial charge >= 0.3 is 0 Å². The minimum atomic E-state index is 0.0868. The molecule has 3 rings (SSSR count). The Morgan fingerprint density at radius 2 is 2.17 bits per heavy atom. The van der Waals surface area contributed by atoms with Gasteiger partial charge in [0.05, 0.1) is 5.75 Å². The molecule has 0 atom stereocenters. The van der Waals surface area contributed by atoms with Crippen molar-refractivity contribution in [3.05, 3.63) is 30.1 Å². The van der Waals surface area contributed by atoms with Crippen LogP contribution in [0.1, 0.15) is 17.3 Å². The van der Waals surface area contributed by atoms with Crippen molar-refractivity contribution >= 4 is 45.1 Å². The van der Waals surface area contributed by atoms with Gasteiger partial charge in [0.25, 0.3) is 0 Å². The normalized spacial score (nSPS) is 16.0. The van der Waals surface area contributed by atoms with Gasteiger partial charge in [-0.3, -0.25) is 4.79 Å². The number of Topliss-reactive ketones (excluding diaryl/α,β-unsaturated/α-hetero) is 1. The van der Waals surface area contributed by atoms with Gasteiger partial charge < -0.3 is 14.8 Å². The molecule has 0 aliphatic carbocycles. The largest absolute Gasteiger partial charge is 0.355 e. The van der Waals surface area contributed by atoms with Gasteiger partial charge in [-0.15, -0.1) is 0 Å². The first-order chi connectivity index (χ1) is 11.2. The third-order valence-electron chi connectivity index (χ3n) is 4.16. The number of aromatic nitrogens is 2. The maximum absolute atomic E-state index is 12.5. The lowest BCUT2D eigenvalue weighted by molar-refractivity contribution is 0.102. The average Bonchev–Trinajstić information content (AvgIpc) is 3.03. The van der Waals surface area contributed by atoms with Crippen LogP contribution in [0, 0.1) is 0 Å². The highest BCUT2D eigenvalue weighted by molar-refractivity contribution is 8.23. The van der Waals surface area contributed by atoms with E-state index in [4.69, 9.17) is 12.2 Å². The quantitative estimate of drug-likeness (QED) is 0.676. The summed E-state index contributed by atoms with van der Waals surface area (Å²) in [4.78, 5) is 24.3. The summed E-state index contributed by atoms with van der Waals surface area (Å²) in [7, 11) is 0. The summed E-state index contributed by atoms with van der Waals surface area (Å²) in [5, 5.41) is 0.876. The molecule has 1 saturated heterocycles. The van der Waals surface area contributed by atoms with E-state index in [9.17, 15) is 4.79 Å². The molecule has 3 heterocycles. The number of hydrogen-bond donors (Lipinski definition) is 1. The highest BCUT2D eigenvalue weighted by Gasteiger charge is 2.19. The average molecular weight is 348 g/mol. The number of piperazine rings is 1. The number of ketones is 1. The predicted molar refractivity (Wildman–Crippen MR) is 99.2 cm³/mol. The molecule has 1 aliphatic rings. The number of nitrogens with one attached hydrogen (secondary N) is 1. The van der Waals surface area contributed by atoms with E-state index in [0.29, 0.717) is 11.3 Å². The topological polar surface area (TPSA) is 52.2 Å². The fourth-order valence-electron chi connectivity index (χ4n) is 2.73. The van der Waals surface area contributed by atoms with Gasteiger partial charge in [0, 0.05) is 49.5 Å². The van der Waals surface area contributed by atoms with E-state index < -0.39 is 0 Å². The second kappa shape index (κ2) is 7.42. The molecule has 1 fully saturated rings. The van der Waals surface area contributed by atoms with Gasteiger partial charge in [-0.05, 0) is 18.7 Å². The first kappa shape index (κ1) is 16.4. The lowest BCUT2D eigenvalue weighted by Gasteiger charge is -2.35. The Hall–Kier alpha value is -1.44. The van der Waals surface area contributed by atoms with Crippen LogP contribution in [0.25, 0.3) is 11.0 Å². The van der Waals surface area contributed by atoms with Gasteiger partial charge in [-0.1, -0.05) is 30.9 Å². The van der Waals surface area contributed by atoms with Crippen molar-refractivity contribution in [2.24, 2.45) is 0 Å². The van der Waals surface area contributed by atoms with Gasteiger partial charge in [0.15, 0.2) is 5.78 Å². The summed E-state index contributed by atoms with van der Waals surface area (Å²) in [6.07, 6.45) is 3.45. The molecular formula is C16H20N4OS2. The van der Waals surface area contributed by atoms with Crippen LogP contribution in [-0.2, 0) is 0 Å². The van der Waals surface area contributed by atoms with Crippen LogP contribution in [-0.4, -0.2) is 68.3 Å². The number of nitrogens with zero attached hydrogens (tertiary/aromatic N) is 3. The second-order valence-electron chi connectivity index (χ2n) is 5.50. The van der Waals surface area contributed by atoms with Crippen LogP contribution in [0.5, 0.6) is 0 Å². The van der Waals surface area contributed by atoms with E-state index in [0.717, 1.165) is 48.1 Å². The molecule has 0 spiro atoms. The molecule has 0 saturated carbocycles. The first-order valence-corrected chi connectivity index (χ1v) is 9.17. The molecule has 0 amide bonds. The van der Waals surface area contributed by atoms with Crippen LogP contribution in [0.2, 0.25) is 0 Å². The highest BCUT2D eigenvalue weighted by atomic mass is 32.2. The number of thioether (sulfide) groups is 1. The van der Waals surface area contributed by atoms with E-state index in [-0.39, 0.29) is 5.78 Å². The number of H-pyrrole nitrogens is 1. The maximum atomic E-state index is 12.5. The van der Waals surface area contributed by atoms with Crippen LogP contribution in [0.3, 0.4) is 0 Å². The van der Waals surface area contributed by atoms with Gasteiger partial charge in [0.2, 0.25) is 0 Å². The Labute approximate surface area is 145 Å². The van der Waals surface area contributed by atoms with Gasteiger partial charge in [-0.25, -0.2) is 4.98 Å². The molecule has 0 unspecified atom stereocenters. The Balaban J connectivity index is 1.56. The molecule has 23 heavy (non-hydrogen) atoms. The minimum Gasteiger partial charge on any atom is -0.355 e. The number of carbonyl (C=O) groups is 1. The fourth-order valence-corrected chi connectivity index (χ4v) is 3.86. The summed E-state index contributed by atoms with van der Waals surface area (Å²) in [6.45, 7) is 7.24. The molecule has 0 radical (unpaired) electrons. The number of rotatable bonds is 4. The monoisotopic (exact) mass is 348 g/mol. The van der Waals surface area contributed by atoms with Gasteiger partial charge in [-0.2, -0.15) is 0 Å². The molecule has 0 bridgehead atoms. The SMILES string of the molecule is CCN1CCN(C(=S)SCC(=O)c2c[nH]c3ncccc23)CC1. The smallest absolute Gasteiger partial charge is 0.175 e. The van der Waals surface area contributed by atoms with E-state index in [2.05, 4.69) is 26.7 Å². The van der Waals surface area contributed by atoms with Crippen molar-refractivity contribution in [3.63, 3.8) is 0 Å². The molecule has 122 valence electrons. The number of hydrogen-bond acceptors (Lipinski definition) is 5. The molecule has 7 heteroatoms. The number of thiocarbonyl (C=S) groups is 1. The minimum absolute atomic E-state index is 0.0868. The zero-order valence-corrected chi connectivity index (χ0v) is 14.8.